The maximum atomic E-state index is 6.18. The minimum Gasteiger partial charge on any atom is -0.294 e. The molecule has 1 nitrogen and oxygen atoms in total. The average molecular weight is 296 g/mol. The summed E-state index contributed by atoms with van der Waals surface area (Å²) in [7, 11) is 0. The minimum atomic E-state index is 0.168. The molecule has 114 valence electrons. The Hall–Kier alpha value is -0.530. The van der Waals surface area contributed by atoms with Crippen molar-refractivity contribution in [3.63, 3.8) is 0 Å². The van der Waals surface area contributed by atoms with E-state index in [1.807, 2.05) is 6.07 Å². The van der Waals surface area contributed by atoms with E-state index >= 15 is 0 Å². The van der Waals surface area contributed by atoms with Gasteiger partial charge >= 0.3 is 0 Å². The Kier molecular flexibility index (Phi) is 5.69. The predicted octanol–water partition coefficient (Wildman–Crippen LogP) is 5.69. The summed E-state index contributed by atoms with van der Waals surface area (Å²) in [6.07, 6.45) is 1.20. The van der Waals surface area contributed by atoms with E-state index in [4.69, 9.17) is 11.6 Å². The van der Waals surface area contributed by atoms with E-state index in [2.05, 4.69) is 65.5 Å². The van der Waals surface area contributed by atoms with Crippen molar-refractivity contribution in [1.29, 1.82) is 0 Å². The van der Waals surface area contributed by atoms with Crippen LogP contribution in [-0.4, -0.2) is 17.0 Å². The fourth-order valence-corrected chi connectivity index (χ4v) is 2.56. The number of rotatable bonds is 4. The molecule has 1 rings (SSSR count). The number of aryl methyl sites for hydroxylation is 1. The Bertz CT molecular complexity index is 417. The van der Waals surface area contributed by atoms with Gasteiger partial charge in [0.05, 0.1) is 0 Å². The molecule has 0 atom stereocenters. The van der Waals surface area contributed by atoms with Gasteiger partial charge in [-0.15, -0.1) is 0 Å². The summed E-state index contributed by atoms with van der Waals surface area (Å²) >= 11 is 6.18. The highest BCUT2D eigenvalue weighted by Gasteiger charge is 2.23. The highest BCUT2D eigenvalue weighted by Crippen LogP contribution is 2.25. The summed E-state index contributed by atoms with van der Waals surface area (Å²) in [4.78, 5) is 2.54. The fraction of sp³-hybridized carbons (Fsp3) is 0.667. The average Bonchev–Trinajstić information content (AvgIpc) is 2.19. The van der Waals surface area contributed by atoms with E-state index in [0.29, 0.717) is 5.41 Å². The minimum absolute atomic E-state index is 0.168. The van der Waals surface area contributed by atoms with Gasteiger partial charge in [-0.05, 0) is 69.3 Å². The second kappa shape index (κ2) is 6.49. The first-order chi connectivity index (χ1) is 8.97. The number of benzene rings is 1. The van der Waals surface area contributed by atoms with Crippen molar-refractivity contribution >= 4 is 11.6 Å². The van der Waals surface area contributed by atoms with Crippen LogP contribution in [0.3, 0.4) is 0 Å². The molecule has 0 radical (unpaired) electrons. The summed E-state index contributed by atoms with van der Waals surface area (Å²) in [5.74, 6) is 0. The molecule has 1 aromatic rings. The lowest BCUT2D eigenvalue weighted by atomic mass is 9.91. The lowest BCUT2D eigenvalue weighted by Crippen LogP contribution is -2.42. The molecular formula is C18H30ClN. The van der Waals surface area contributed by atoms with Crippen LogP contribution in [0.4, 0.5) is 0 Å². The molecule has 0 unspecified atom stereocenters. The van der Waals surface area contributed by atoms with Crippen LogP contribution in [0.15, 0.2) is 18.2 Å². The van der Waals surface area contributed by atoms with E-state index in [1.165, 1.54) is 17.5 Å². The van der Waals surface area contributed by atoms with Gasteiger partial charge in [-0.1, -0.05) is 38.4 Å². The standard InChI is InChI=1S/C18H30ClN/c1-14-10-15(12-16(19)11-14)13-20(18(5,6)7)9-8-17(2,3)4/h10-12H,8-9,13H2,1-7H3. The van der Waals surface area contributed by atoms with Gasteiger partial charge in [0, 0.05) is 17.1 Å². The molecule has 0 amide bonds. The van der Waals surface area contributed by atoms with Gasteiger partial charge in [0.25, 0.3) is 0 Å². The smallest absolute Gasteiger partial charge is 0.0411 e. The maximum Gasteiger partial charge on any atom is 0.0411 e. The normalized spacial score (nSPS) is 13.1. The molecule has 0 saturated heterocycles. The third kappa shape index (κ3) is 6.28. The third-order valence-electron chi connectivity index (χ3n) is 3.56. The first-order valence-electron chi connectivity index (χ1n) is 7.48. The number of hydrogen-bond donors (Lipinski definition) is 0. The van der Waals surface area contributed by atoms with Gasteiger partial charge in [-0.25, -0.2) is 0 Å². The number of halogens is 1. The van der Waals surface area contributed by atoms with Crippen LogP contribution in [0, 0.1) is 12.3 Å². The van der Waals surface area contributed by atoms with E-state index in [9.17, 15) is 0 Å². The van der Waals surface area contributed by atoms with Gasteiger partial charge in [-0.3, -0.25) is 4.90 Å². The Morgan fingerprint density at radius 1 is 1.00 bits per heavy atom. The monoisotopic (exact) mass is 295 g/mol. The largest absolute Gasteiger partial charge is 0.294 e. The van der Waals surface area contributed by atoms with Gasteiger partial charge in [0.1, 0.15) is 0 Å². The van der Waals surface area contributed by atoms with E-state index in [-0.39, 0.29) is 5.54 Å². The van der Waals surface area contributed by atoms with E-state index < -0.39 is 0 Å². The van der Waals surface area contributed by atoms with Crippen LogP contribution in [-0.2, 0) is 6.54 Å². The van der Waals surface area contributed by atoms with Gasteiger partial charge < -0.3 is 0 Å². The molecule has 1 aromatic carbocycles. The first-order valence-corrected chi connectivity index (χ1v) is 7.86. The van der Waals surface area contributed by atoms with Crippen LogP contribution >= 0.6 is 11.6 Å². The Labute approximate surface area is 130 Å². The van der Waals surface area contributed by atoms with Crippen molar-refractivity contribution in [1.82, 2.24) is 4.90 Å². The molecule has 0 saturated carbocycles. The second-order valence-corrected chi connectivity index (χ2v) is 8.48. The summed E-state index contributed by atoms with van der Waals surface area (Å²) in [5, 5.41) is 0.838. The molecule has 0 heterocycles. The molecule has 0 aromatic heterocycles. The van der Waals surface area contributed by atoms with Gasteiger partial charge in [-0.2, -0.15) is 0 Å². The number of hydrogen-bond acceptors (Lipinski definition) is 1. The maximum absolute atomic E-state index is 6.18. The van der Waals surface area contributed by atoms with E-state index in [1.54, 1.807) is 0 Å². The quantitative estimate of drug-likeness (QED) is 0.690. The van der Waals surface area contributed by atoms with Crippen molar-refractivity contribution in [3.05, 3.63) is 34.3 Å². The zero-order valence-corrected chi connectivity index (χ0v) is 14.9. The summed E-state index contributed by atoms with van der Waals surface area (Å²) in [6, 6.07) is 6.34. The van der Waals surface area contributed by atoms with Crippen molar-refractivity contribution in [3.8, 4) is 0 Å². The second-order valence-electron chi connectivity index (χ2n) is 8.04. The Morgan fingerprint density at radius 3 is 2.05 bits per heavy atom. The van der Waals surface area contributed by atoms with Crippen LogP contribution in [0.5, 0.6) is 0 Å². The first kappa shape index (κ1) is 17.5. The topological polar surface area (TPSA) is 3.24 Å². The van der Waals surface area contributed by atoms with Crippen molar-refractivity contribution < 1.29 is 0 Å². The molecule has 0 aliphatic carbocycles. The summed E-state index contributed by atoms with van der Waals surface area (Å²) in [5.41, 5.74) is 3.07. The number of nitrogens with zero attached hydrogens (tertiary/aromatic N) is 1. The summed E-state index contributed by atoms with van der Waals surface area (Å²) < 4.78 is 0. The summed E-state index contributed by atoms with van der Waals surface area (Å²) in [6.45, 7) is 17.9. The van der Waals surface area contributed by atoms with Crippen molar-refractivity contribution in [2.45, 2.75) is 67.0 Å². The molecule has 0 fully saturated rings. The van der Waals surface area contributed by atoms with Crippen molar-refractivity contribution in [2.75, 3.05) is 6.54 Å². The molecular weight excluding hydrogens is 266 g/mol. The van der Waals surface area contributed by atoms with Gasteiger partial charge in [0.15, 0.2) is 0 Å². The Balaban J connectivity index is 2.84. The highest BCUT2D eigenvalue weighted by atomic mass is 35.5. The van der Waals surface area contributed by atoms with Gasteiger partial charge in [0.2, 0.25) is 0 Å². The van der Waals surface area contributed by atoms with Crippen LogP contribution < -0.4 is 0 Å². The SMILES string of the molecule is Cc1cc(Cl)cc(CN(CCC(C)(C)C)C(C)(C)C)c1. The molecule has 0 spiro atoms. The molecule has 0 aliphatic rings. The van der Waals surface area contributed by atoms with E-state index in [0.717, 1.165) is 18.1 Å². The highest BCUT2D eigenvalue weighted by molar-refractivity contribution is 6.30. The molecule has 2 heteroatoms. The third-order valence-corrected chi connectivity index (χ3v) is 3.77. The van der Waals surface area contributed by atoms with Crippen LogP contribution in [0.2, 0.25) is 5.02 Å². The van der Waals surface area contributed by atoms with Crippen molar-refractivity contribution in [2.24, 2.45) is 5.41 Å². The molecule has 20 heavy (non-hydrogen) atoms. The lowest BCUT2D eigenvalue weighted by molar-refractivity contribution is 0.110. The predicted molar refractivity (Wildman–Crippen MR) is 90.4 cm³/mol. The zero-order valence-electron chi connectivity index (χ0n) is 14.2. The van der Waals surface area contributed by atoms with Crippen LogP contribution in [0.1, 0.15) is 59.1 Å². The van der Waals surface area contributed by atoms with Crippen LogP contribution in [0.25, 0.3) is 0 Å². The zero-order chi connectivity index (χ0) is 15.6. The Morgan fingerprint density at radius 2 is 1.60 bits per heavy atom. The molecule has 0 N–H and O–H groups in total. The molecule has 0 aliphatic heterocycles. The fourth-order valence-electron chi connectivity index (χ4n) is 2.25. The lowest BCUT2D eigenvalue weighted by Gasteiger charge is -2.37. The molecule has 0 bridgehead atoms.